The number of hydrogen-bond donors (Lipinski definition) is 1. The second-order valence-electron chi connectivity index (χ2n) is 2.98. The molecule has 0 rings (SSSR count). The average Bonchev–Trinajstić information content (AvgIpc) is 1.98. The predicted octanol–water partition coefficient (Wildman–Crippen LogP) is 2.82. The van der Waals surface area contributed by atoms with E-state index in [1.807, 2.05) is 20.8 Å². The van der Waals surface area contributed by atoms with Crippen molar-refractivity contribution in [3.8, 4) is 0 Å². The zero-order valence-electron chi connectivity index (χ0n) is 7.39. The van der Waals surface area contributed by atoms with E-state index >= 15 is 0 Å². The van der Waals surface area contributed by atoms with Gasteiger partial charge in [0.2, 0.25) is 0 Å². The van der Waals surface area contributed by atoms with Gasteiger partial charge in [0.15, 0.2) is 0 Å². The summed E-state index contributed by atoms with van der Waals surface area (Å²) in [6.07, 6.45) is 3.20. The zero-order valence-corrected chi connectivity index (χ0v) is 7.39. The molecule has 0 heterocycles. The molecular formula is C9H16FN. The molecule has 0 fully saturated rings. The molecule has 1 nitrogen and oxygen atoms in total. The van der Waals surface area contributed by atoms with Crippen LogP contribution < -0.4 is 0 Å². The van der Waals surface area contributed by atoms with Crippen LogP contribution in [0.4, 0.5) is 4.39 Å². The quantitative estimate of drug-likeness (QED) is 0.479. The van der Waals surface area contributed by atoms with Gasteiger partial charge in [0.25, 0.3) is 0 Å². The maximum atomic E-state index is 11.7. The second-order valence-corrected chi connectivity index (χ2v) is 2.98. The lowest BCUT2D eigenvalue weighted by atomic mass is 9.96. The van der Waals surface area contributed by atoms with E-state index in [0.29, 0.717) is 5.71 Å². The van der Waals surface area contributed by atoms with Gasteiger partial charge in [-0.3, -0.25) is 0 Å². The van der Waals surface area contributed by atoms with Gasteiger partial charge in [-0.2, -0.15) is 0 Å². The molecule has 1 N–H and O–H groups in total. The number of allylic oxidation sites excluding steroid dienone is 2. The fourth-order valence-electron chi connectivity index (χ4n) is 0.885. The summed E-state index contributed by atoms with van der Waals surface area (Å²) < 4.78 is 11.7. The van der Waals surface area contributed by atoms with Gasteiger partial charge in [-0.05, 0) is 5.92 Å². The smallest absolute Gasteiger partial charge is 0.108 e. The number of halogens is 1. The highest BCUT2D eigenvalue weighted by atomic mass is 19.1. The molecule has 64 valence electrons. The summed E-state index contributed by atoms with van der Waals surface area (Å²) >= 11 is 0. The maximum Gasteiger partial charge on any atom is 0.108 e. The molecule has 0 aromatic rings. The van der Waals surface area contributed by atoms with E-state index in [9.17, 15) is 4.39 Å². The Morgan fingerprint density at radius 3 is 2.36 bits per heavy atom. The molecule has 0 spiro atoms. The Morgan fingerprint density at radius 2 is 2.00 bits per heavy atom. The summed E-state index contributed by atoms with van der Waals surface area (Å²) in [5.41, 5.74) is 0.662. The van der Waals surface area contributed by atoms with E-state index in [4.69, 9.17) is 5.41 Å². The molecular weight excluding hydrogens is 141 g/mol. The van der Waals surface area contributed by atoms with Crippen LogP contribution in [0.15, 0.2) is 12.2 Å². The highest BCUT2D eigenvalue weighted by Crippen LogP contribution is 2.07. The van der Waals surface area contributed by atoms with E-state index in [1.165, 1.54) is 6.08 Å². The van der Waals surface area contributed by atoms with Gasteiger partial charge in [0.1, 0.15) is 6.67 Å². The third-order valence-electron chi connectivity index (χ3n) is 1.63. The second kappa shape index (κ2) is 5.05. The highest BCUT2D eigenvalue weighted by molar-refractivity contribution is 5.86. The van der Waals surface area contributed by atoms with Crippen molar-refractivity contribution in [1.29, 1.82) is 5.41 Å². The van der Waals surface area contributed by atoms with Crippen molar-refractivity contribution < 1.29 is 4.39 Å². The summed E-state index contributed by atoms with van der Waals surface area (Å²) in [5.74, 6) is 0.333. The molecule has 0 saturated carbocycles. The fourth-order valence-corrected chi connectivity index (χ4v) is 0.885. The Kier molecular flexibility index (Phi) is 4.75. The van der Waals surface area contributed by atoms with Crippen LogP contribution in [-0.2, 0) is 0 Å². The van der Waals surface area contributed by atoms with Crippen LogP contribution in [0, 0.1) is 17.2 Å². The third-order valence-corrected chi connectivity index (χ3v) is 1.63. The lowest BCUT2D eigenvalue weighted by Gasteiger charge is -2.11. The molecule has 2 heteroatoms. The van der Waals surface area contributed by atoms with Gasteiger partial charge >= 0.3 is 0 Å². The fraction of sp³-hybridized carbons (Fsp3) is 0.667. The SMILES string of the molecule is CC(C)C(=N)C(C)C=CCF. The van der Waals surface area contributed by atoms with Crippen molar-refractivity contribution in [1.82, 2.24) is 0 Å². The monoisotopic (exact) mass is 157 g/mol. The first-order valence-electron chi connectivity index (χ1n) is 3.90. The Hall–Kier alpha value is -0.660. The van der Waals surface area contributed by atoms with Crippen LogP contribution in [0.5, 0.6) is 0 Å². The van der Waals surface area contributed by atoms with Crippen molar-refractivity contribution in [2.24, 2.45) is 11.8 Å². The highest BCUT2D eigenvalue weighted by Gasteiger charge is 2.08. The van der Waals surface area contributed by atoms with E-state index in [1.54, 1.807) is 6.08 Å². The van der Waals surface area contributed by atoms with E-state index < -0.39 is 6.67 Å². The topological polar surface area (TPSA) is 23.9 Å². The summed E-state index contributed by atoms with van der Waals surface area (Å²) in [7, 11) is 0. The van der Waals surface area contributed by atoms with Crippen molar-refractivity contribution in [3.05, 3.63) is 12.2 Å². The Labute approximate surface area is 67.8 Å². The predicted molar refractivity (Wildman–Crippen MR) is 46.8 cm³/mol. The van der Waals surface area contributed by atoms with E-state index in [0.717, 1.165) is 0 Å². The molecule has 0 aliphatic rings. The third kappa shape index (κ3) is 3.91. The molecule has 1 unspecified atom stereocenters. The molecule has 1 atom stereocenters. The average molecular weight is 157 g/mol. The Morgan fingerprint density at radius 1 is 1.45 bits per heavy atom. The van der Waals surface area contributed by atoms with Gasteiger partial charge in [0.05, 0.1) is 0 Å². The summed E-state index contributed by atoms with van der Waals surface area (Å²) in [5, 5.41) is 7.55. The molecule has 0 aromatic heterocycles. The van der Waals surface area contributed by atoms with Gasteiger partial charge < -0.3 is 5.41 Å². The van der Waals surface area contributed by atoms with E-state index in [-0.39, 0.29) is 11.8 Å². The van der Waals surface area contributed by atoms with Crippen LogP contribution in [-0.4, -0.2) is 12.4 Å². The minimum absolute atomic E-state index is 0.0748. The first-order valence-corrected chi connectivity index (χ1v) is 3.90. The van der Waals surface area contributed by atoms with Crippen LogP contribution in [0.2, 0.25) is 0 Å². The molecule has 0 aliphatic heterocycles. The van der Waals surface area contributed by atoms with Gasteiger partial charge in [-0.15, -0.1) is 0 Å². The summed E-state index contributed by atoms with van der Waals surface area (Å²) in [4.78, 5) is 0. The molecule has 0 aliphatic carbocycles. The number of rotatable bonds is 4. The van der Waals surface area contributed by atoms with Crippen molar-refractivity contribution in [2.45, 2.75) is 20.8 Å². The first kappa shape index (κ1) is 10.3. The molecule has 11 heavy (non-hydrogen) atoms. The van der Waals surface area contributed by atoms with Crippen LogP contribution in [0.25, 0.3) is 0 Å². The lowest BCUT2D eigenvalue weighted by Crippen LogP contribution is -2.13. The van der Waals surface area contributed by atoms with E-state index in [2.05, 4.69) is 0 Å². The summed E-state index contributed by atoms with van der Waals surface area (Å²) in [6, 6.07) is 0. The normalized spacial score (nSPS) is 14.3. The Balaban J connectivity index is 3.93. The number of alkyl halides is 1. The Bertz CT molecular complexity index is 150. The van der Waals surface area contributed by atoms with Crippen LogP contribution in [0.1, 0.15) is 20.8 Å². The van der Waals surface area contributed by atoms with Crippen molar-refractivity contribution in [3.63, 3.8) is 0 Å². The molecule has 0 aromatic carbocycles. The summed E-state index contributed by atoms with van der Waals surface area (Å²) in [6.45, 7) is 5.43. The van der Waals surface area contributed by atoms with Crippen molar-refractivity contribution >= 4 is 5.71 Å². The molecule has 0 bridgehead atoms. The molecule has 0 radical (unpaired) electrons. The largest absolute Gasteiger partial charge is 0.309 e. The molecule has 0 saturated heterocycles. The zero-order chi connectivity index (χ0) is 8.85. The minimum atomic E-state index is -0.435. The lowest BCUT2D eigenvalue weighted by molar-refractivity contribution is 0.560. The number of nitrogens with one attached hydrogen (secondary N) is 1. The van der Waals surface area contributed by atoms with Crippen LogP contribution >= 0.6 is 0 Å². The maximum absolute atomic E-state index is 11.7. The molecule has 0 amide bonds. The number of hydrogen-bond acceptors (Lipinski definition) is 1. The van der Waals surface area contributed by atoms with Gasteiger partial charge in [0, 0.05) is 11.6 Å². The standard InChI is InChI=1S/C9H16FN/c1-7(2)9(11)8(3)5-4-6-10/h4-5,7-8,11H,6H2,1-3H3. The van der Waals surface area contributed by atoms with Gasteiger partial charge in [-0.25, -0.2) is 4.39 Å². The van der Waals surface area contributed by atoms with Crippen molar-refractivity contribution in [2.75, 3.05) is 6.67 Å². The van der Waals surface area contributed by atoms with Crippen LogP contribution in [0.3, 0.4) is 0 Å². The first-order chi connectivity index (χ1) is 5.09. The van der Waals surface area contributed by atoms with Gasteiger partial charge in [-0.1, -0.05) is 32.9 Å². The minimum Gasteiger partial charge on any atom is -0.309 e.